The molecule has 2 heterocycles. The number of carbonyl (C=O) groups excluding carboxylic acids is 1. The predicted molar refractivity (Wildman–Crippen MR) is 108 cm³/mol. The molecule has 0 aromatic carbocycles. The van der Waals surface area contributed by atoms with Crippen molar-refractivity contribution in [3.05, 3.63) is 0 Å². The molecule has 2 saturated carbocycles. The molecule has 3 N–H and O–H groups in total. The number of urea groups is 1. The molecule has 2 amide bonds. The normalized spacial score (nSPS) is 37.4. The molecule has 2 aliphatic carbocycles. The van der Waals surface area contributed by atoms with Gasteiger partial charge >= 0.3 is 6.03 Å². The zero-order valence-corrected chi connectivity index (χ0v) is 18.3. The van der Waals surface area contributed by atoms with E-state index in [4.69, 9.17) is 4.74 Å². The van der Waals surface area contributed by atoms with Crippen molar-refractivity contribution in [2.75, 3.05) is 20.3 Å². The molecule has 9 nitrogen and oxygen atoms in total. The first-order chi connectivity index (χ1) is 13.2. The Kier molecular flexibility index (Phi) is 5.60. The molecule has 0 radical (unpaired) electrons. The second kappa shape index (κ2) is 7.59. The van der Waals surface area contributed by atoms with Crippen molar-refractivity contribution in [1.29, 1.82) is 0 Å². The van der Waals surface area contributed by atoms with E-state index < -0.39 is 15.3 Å². The van der Waals surface area contributed by atoms with Crippen LogP contribution in [0.2, 0.25) is 0 Å². The molecule has 2 aliphatic heterocycles. The van der Waals surface area contributed by atoms with E-state index in [9.17, 15) is 13.2 Å². The van der Waals surface area contributed by atoms with Gasteiger partial charge in [0.25, 0.3) is 0 Å². The average Bonchev–Trinajstić information content (AvgIpc) is 3.08. The summed E-state index contributed by atoms with van der Waals surface area (Å²) >= 11 is 1.48. The molecule has 4 rings (SSSR count). The number of rotatable bonds is 7. The van der Waals surface area contributed by atoms with Gasteiger partial charge in [0.05, 0.1) is 30.1 Å². The quantitative estimate of drug-likeness (QED) is 0.505. The summed E-state index contributed by atoms with van der Waals surface area (Å²) in [6.45, 7) is 4.97. The molecule has 0 aromatic rings. The molecule has 0 bridgehead atoms. The molecule has 4 aliphatic rings. The van der Waals surface area contributed by atoms with Gasteiger partial charge in [-0.15, -0.1) is 0 Å². The second-order valence-corrected chi connectivity index (χ2v) is 11.5. The van der Waals surface area contributed by atoms with Gasteiger partial charge < -0.3 is 9.64 Å². The van der Waals surface area contributed by atoms with Gasteiger partial charge in [-0.1, -0.05) is 0 Å². The van der Waals surface area contributed by atoms with E-state index in [0.29, 0.717) is 32.4 Å². The summed E-state index contributed by atoms with van der Waals surface area (Å²) in [4.78, 5) is 16.9. The molecule has 0 spiro atoms. The minimum atomic E-state index is -3.40. The van der Waals surface area contributed by atoms with Gasteiger partial charge in [-0.2, -0.15) is 0 Å². The molecule has 28 heavy (non-hydrogen) atoms. The van der Waals surface area contributed by atoms with Crippen LogP contribution in [0.25, 0.3) is 0 Å². The number of carbonyl (C=O) groups is 1. The van der Waals surface area contributed by atoms with Crippen LogP contribution >= 0.6 is 11.9 Å². The van der Waals surface area contributed by atoms with Crippen LogP contribution in [0.1, 0.15) is 46.0 Å². The molecule has 5 atom stereocenters. The topological polar surface area (TPSA) is 103 Å². The number of fused-ring (bicyclic) bond motifs is 1. The summed E-state index contributed by atoms with van der Waals surface area (Å²) in [7, 11) is -1.77. The highest BCUT2D eigenvalue weighted by molar-refractivity contribution is 7.98. The van der Waals surface area contributed by atoms with Gasteiger partial charge in [0, 0.05) is 19.2 Å². The maximum Gasteiger partial charge on any atom is 0.322 e. The fraction of sp³-hybridized carbons (Fsp3) is 0.941. The monoisotopic (exact) mass is 433 g/mol. The van der Waals surface area contributed by atoms with E-state index in [2.05, 4.69) is 14.8 Å². The van der Waals surface area contributed by atoms with Gasteiger partial charge in [0.15, 0.2) is 0 Å². The molecule has 11 heteroatoms. The molecule has 0 aromatic heterocycles. The first-order valence-corrected chi connectivity index (χ1v) is 12.4. The third kappa shape index (κ3) is 3.89. The molecular formula is C17H31N5O4S2. The summed E-state index contributed by atoms with van der Waals surface area (Å²) < 4.78 is 37.3. The van der Waals surface area contributed by atoms with Gasteiger partial charge in [-0.3, -0.25) is 10.2 Å². The van der Waals surface area contributed by atoms with Crippen molar-refractivity contribution >= 4 is 28.0 Å². The van der Waals surface area contributed by atoms with Crippen molar-refractivity contribution in [3.63, 3.8) is 0 Å². The summed E-state index contributed by atoms with van der Waals surface area (Å²) in [5.41, 5.74) is -0.467. The lowest BCUT2D eigenvalue weighted by Gasteiger charge is -2.37. The van der Waals surface area contributed by atoms with Gasteiger partial charge in [0.2, 0.25) is 10.0 Å². The van der Waals surface area contributed by atoms with Crippen LogP contribution < -0.4 is 14.8 Å². The van der Waals surface area contributed by atoms with Crippen LogP contribution in [-0.2, 0) is 14.8 Å². The maximum absolute atomic E-state index is 13.2. The van der Waals surface area contributed by atoms with Crippen LogP contribution in [0.4, 0.5) is 4.79 Å². The SMILES string of the molecule is COCCN1C(=O)N(C2NC(C)NS2)C2CC(S(=O)(=O)NC3(C)CC3)CCC21. The highest BCUT2D eigenvalue weighted by Gasteiger charge is 2.54. The number of nitrogens with one attached hydrogen (secondary N) is 3. The Morgan fingerprint density at radius 3 is 2.68 bits per heavy atom. The van der Waals surface area contributed by atoms with Crippen LogP contribution in [0, 0.1) is 0 Å². The van der Waals surface area contributed by atoms with E-state index in [1.807, 2.05) is 23.6 Å². The first-order valence-electron chi connectivity index (χ1n) is 10.0. The number of methoxy groups -OCH3 is 1. The third-order valence-corrected chi connectivity index (χ3v) is 9.48. The Bertz CT molecular complexity index is 716. The number of hydrogen-bond acceptors (Lipinski definition) is 7. The van der Waals surface area contributed by atoms with Crippen molar-refractivity contribution in [2.45, 2.75) is 80.5 Å². The molecule has 4 fully saturated rings. The average molecular weight is 434 g/mol. The molecule has 160 valence electrons. The van der Waals surface area contributed by atoms with E-state index in [1.54, 1.807) is 7.11 Å². The lowest BCUT2D eigenvalue weighted by molar-refractivity contribution is 0.136. The van der Waals surface area contributed by atoms with E-state index in [0.717, 1.165) is 12.8 Å². The summed E-state index contributed by atoms with van der Waals surface area (Å²) in [5, 5.41) is 2.91. The van der Waals surface area contributed by atoms with Crippen LogP contribution in [0.3, 0.4) is 0 Å². The van der Waals surface area contributed by atoms with Crippen molar-refractivity contribution in [3.8, 4) is 0 Å². The number of sulfonamides is 1. The fourth-order valence-corrected chi connectivity index (χ4v) is 7.48. The van der Waals surface area contributed by atoms with Crippen LogP contribution in [0.15, 0.2) is 0 Å². The van der Waals surface area contributed by atoms with E-state index in [-0.39, 0.29) is 35.3 Å². The number of nitrogens with zero attached hydrogens (tertiary/aromatic N) is 2. The zero-order chi connectivity index (χ0) is 20.1. The lowest BCUT2D eigenvalue weighted by Crippen LogP contribution is -2.53. The van der Waals surface area contributed by atoms with Crippen molar-refractivity contribution in [1.82, 2.24) is 24.6 Å². The standard InChI is InChI=1S/C17H31N5O4S2/c1-11-18-15(27-19-11)22-14-10-12(28(24,25)20-17(2)6-7-17)4-5-13(14)21(16(22)23)8-9-26-3/h11-15,18-20H,4-10H2,1-3H3. The fourth-order valence-electron chi connectivity index (χ4n) is 4.50. The Hall–Kier alpha value is -0.590. The second-order valence-electron chi connectivity index (χ2n) is 8.63. The molecular weight excluding hydrogens is 402 g/mol. The molecule has 5 unspecified atom stereocenters. The summed E-state index contributed by atoms with van der Waals surface area (Å²) in [6, 6.07) is -0.124. The summed E-state index contributed by atoms with van der Waals surface area (Å²) in [6.07, 6.45) is 3.63. The smallest absolute Gasteiger partial charge is 0.322 e. The van der Waals surface area contributed by atoms with Crippen LogP contribution in [-0.4, -0.2) is 79.0 Å². The predicted octanol–water partition coefficient (Wildman–Crippen LogP) is 0.603. The lowest BCUT2D eigenvalue weighted by atomic mass is 9.90. The number of hydrogen-bond donors (Lipinski definition) is 3. The Morgan fingerprint density at radius 2 is 2.07 bits per heavy atom. The minimum Gasteiger partial charge on any atom is -0.383 e. The molecule has 2 saturated heterocycles. The highest BCUT2D eigenvalue weighted by atomic mass is 32.2. The third-order valence-electron chi connectivity index (χ3n) is 6.32. The van der Waals surface area contributed by atoms with Crippen molar-refractivity contribution < 1.29 is 17.9 Å². The Balaban J connectivity index is 1.54. The largest absolute Gasteiger partial charge is 0.383 e. The number of amides is 2. The van der Waals surface area contributed by atoms with Crippen LogP contribution in [0.5, 0.6) is 0 Å². The summed E-state index contributed by atoms with van der Waals surface area (Å²) in [5.74, 6) is 0. The van der Waals surface area contributed by atoms with E-state index >= 15 is 0 Å². The minimum absolute atomic E-state index is 0.0314. The number of ether oxygens (including phenoxy) is 1. The Labute approximate surface area is 171 Å². The zero-order valence-electron chi connectivity index (χ0n) is 16.7. The maximum atomic E-state index is 13.2. The Morgan fingerprint density at radius 1 is 1.32 bits per heavy atom. The van der Waals surface area contributed by atoms with Crippen molar-refractivity contribution in [2.24, 2.45) is 0 Å². The van der Waals surface area contributed by atoms with Gasteiger partial charge in [-0.25, -0.2) is 22.7 Å². The first kappa shape index (κ1) is 20.7. The van der Waals surface area contributed by atoms with E-state index in [1.165, 1.54) is 11.9 Å². The van der Waals surface area contributed by atoms with Gasteiger partial charge in [0.1, 0.15) is 5.50 Å². The highest BCUT2D eigenvalue weighted by Crippen LogP contribution is 2.41. The van der Waals surface area contributed by atoms with Gasteiger partial charge in [-0.05, 0) is 57.9 Å².